The number of Topliss-reactive ketones (excluding diaryl/α,β-unsaturated/α-hetero) is 1. The molecule has 0 saturated heterocycles. The first-order valence-corrected chi connectivity index (χ1v) is 4.77. The number of hydrogen-bond donors (Lipinski definition) is 2. The number of fused-ring (bicyclic) bond motifs is 1. The van der Waals surface area contributed by atoms with Gasteiger partial charge in [0.25, 0.3) is 0 Å². The molecule has 2 N–H and O–H groups in total. The summed E-state index contributed by atoms with van der Waals surface area (Å²) in [6.07, 6.45) is 2.96. The van der Waals surface area contributed by atoms with Crippen LogP contribution in [0.1, 0.15) is 10.4 Å². The number of nitrogens with zero attached hydrogens (tertiary/aromatic N) is 2. The molecule has 0 amide bonds. The van der Waals surface area contributed by atoms with Crippen LogP contribution in [0.4, 0.5) is 0 Å². The van der Waals surface area contributed by atoms with Gasteiger partial charge in [-0.15, -0.1) is 0 Å². The van der Waals surface area contributed by atoms with Crippen LogP contribution in [0.3, 0.4) is 0 Å². The van der Waals surface area contributed by atoms with Crippen molar-refractivity contribution < 1.29 is 4.79 Å². The van der Waals surface area contributed by atoms with Gasteiger partial charge in [-0.1, -0.05) is 11.6 Å². The molecule has 0 spiro atoms. The van der Waals surface area contributed by atoms with Crippen molar-refractivity contribution in [2.75, 3.05) is 13.6 Å². The summed E-state index contributed by atoms with van der Waals surface area (Å²) in [6.45, 7) is 0.262. The number of H-pyrrole nitrogens is 1. The largest absolute Gasteiger partial charge is 0.345 e. The third-order valence-corrected chi connectivity index (χ3v) is 2.35. The zero-order chi connectivity index (χ0) is 10.8. The number of rotatable bonds is 3. The van der Waals surface area contributed by atoms with Crippen LogP contribution in [-0.4, -0.2) is 34.3 Å². The van der Waals surface area contributed by atoms with E-state index >= 15 is 0 Å². The van der Waals surface area contributed by atoms with Gasteiger partial charge in [0.05, 0.1) is 11.9 Å². The highest BCUT2D eigenvalue weighted by atomic mass is 35.5. The Morgan fingerprint density at radius 2 is 2.40 bits per heavy atom. The van der Waals surface area contributed by atoms with Crippen LogP contribution in [0.2, 0.25) is 5.15 Å². The molecular weight excluding hydrogens is 216 g/mol. The number of hydrogen-bond acceptors (Lipinski definition) is 4. The van der Waals surface area contributed by atoms with Gasteiger partial charge in [-0.3, -0.25) is 4.79 Å². The summed E-state index contributed by atoms with van der Waals surface area (Å²) in [6, 6.07) is 0. The minimum Gasteiger partial charge on any atom is -0.345 e. The first kappa shape index (κ1) is 10.1. The Balaban J connectivity index is 2.57. The van der Waals surface area contributed by atoms with E-state index in [4.69, 9.17) is 11.6 Å². The molecule has 78 valence electrons. The minimum absolute atomic E-state index is 0.0412. The lowest BCUT2D eigenvalue weighted by molar-refractivity contribution is 0.0995. The number of carbonyl (C=O) groups is 1. The second-order valence-corrected chi connectivity index (χ2v) is 3.40. The number of aromatic amines is 1. The van der Waals surface area contributed by atoms with E-state index in [2.05, 4.69) is 20.3 Å². The third-order valence-electron chi connectivity index (χ3n) is 2.06. The maximum Gasteiger partial charge on any atom is 0.178 e. The molecule has 0 aliphatic carbocycles. The average Bonchev–Trinajstić information content (AvgIpc) is 2.63. The zero-order valence-electron chi connectivity index (χ0n) is 8.04. The van der Waals surface area contributed by atoms with Crippen molar-refractivity contribution in [3.63, 3.8) is 0 Å². The number of likely N-dealkylation sites (N-methyl/N-ethyl adjacent to an activating group) is 1. The van der Waals surface area contributed by atoms with E-state index in [1.54, 1.807) is 13.2 Å². The molecule has 0 atom stereocenters. The van der Waals surface area contributed by atoms with Crippen LogP contribution < -0.4 is 5.32 Å². The van der Waals surface area contributed by atoms with E-state index in [0.717, 1.165) is 0 Å². The lowest BCUT2D eigenvalue weighted by Crippen LogP contribution is -2.18. The summed E-state index contributed by atoms with van der Waals surface area (Å²) in [4.78, 5) is 22.4. The van der Waals surface area contributed by atoms with Crippen LogP contribution in [0.25, 0.3) is 11.0 Å². The van der Waals surface area contributed by atoms with Crippen LogP contribution in [0, 0.1) is 0 Å². The molecule has 0 saturated carbocycles. The smallest absolute Gasteiger partial charge is 0.178 e. The van der Waals surface area contributed by atoms with Gasteiger partial charge in [0.2, 0.25) is 0 Å². The second kappa shape index (κ2) is 3.96. The van der Waals surface area contributed by atoms with Crippen molar-refractivity contribution in [1.82, 2.24) is 20.3 Å². The van der Waals surface area contributed by atoms with Gasteiger partial charge in [0, 0.05) is 11.8 Å². The third kappa shape index (κ3) is 1.71. The highest BCUT2D eigenvalue weighted by molar-refractivity contribution is 6.35. The number of nitrogens with one attached hydrogen (secondary N) is 2. The fourth-order valence-electron chi connectivity index (χ4n) is 1.40. The molecule has 0 aromatic carbocycles. The van der Waals surface area contributed by atoms with Gasteiger partial charge in [-0.25, -0.2) is 9.97 Å². The molecule has 0 unspecified atom stereocenters. The summed E-state index contributed by atoms with van der Waals surface area (Å²) in [5.74, 6) is -0.0412. The van der Waals surface area contributed by atoms with Crippen molar-refractivity contribution in [2.24, 2.45) is 0 Å². The molecular formula is C9H9ClN4O. The summed E-state index contributed by atoms with van der Waals surface area (Å²) >= 11 is 5.90. The predicted molar refractivity (Wildman–Crippen MR) is 57.2 cm³/mol. The Morgan fingerprint density at radius 1 is 1.60 bits per heavy atom. The van der Waals surface area contributed by atoms with Gasteiger partial charge in [0.15, 0.2) is 5.78 Å². The van der Waals surface area contributed by atoms with E-state index in [1.807, 2.05) is 0 Å². The first-order valence-electron chi connectivity index (χ1n) is 4.39. The molecule has 2 aromatic rings. The van der Waals surface area contributed by atoms with E-state index in [0.29, 0.717) is 21.7 Å². The topological polar surface area (TPSA) is 70.7 Å². The molecule has 2 heterocycles. The standard InChI is InChI=1S/C9H9ClN4O/c1-11-3-6(15)5-2-12-9-7(5)8(10)13-4-14-9/h2,4,11H,3H2,1H3,(H,12,13,14). The molecule has 0 bridgehead atoms. The Labute approximate surface area is 90.9 Å². The van der Waals surface area contributed by atoms with Crippen LogP contribution in [0.15, 0.2) is 12.5 Å². The van der Waals surface area contributed by atoms with Crippen LogP contribution >= 0.6 is 11.6 Å². The average molecular weight is 225 g/mol. The van der Waals surface area contributed by atoms with Crippen molar-refractivity contribution in [3.8, 4) is 0 Å². The summed E-state index contributed by atoms with van der Waals surface area (Å²) in [7, 11) is 1.71. The highest BCUT2D eigenvalue weighted by Gasteiger charge is 2.14. The van der Waals surface area contributed by atoms with Gasteiger partial charge < -0.3 is 10.3 Å². The summed E-state index contributed by atoms with van der Waals surface area (Å²) in [5, 5.41) is 3.67. The first-order chi connectivity index (χ1) is 7.24. The number of halogens is 1. The Bertz CT molecular complexity index is 508. The van der Waals surface area contributed by atoms with E-state index in [9.17, 15) is 4.79 Å². The van der Waals surface area contributed by atoms with Crippen LogP contribution in [0.5, 0.6) is 0 Å². The van der Waals surface area contributed by atoms with Gasteiger partial charge in [0.1, 0.15) is 17.1 Å². The Kier molecular flexibility index (Phi) is 2.66. The van der Waals surface area contributed by atoms with Gasteiger partial charge >= 0.3 is 0 Å². The second-order valence-electron chi connectivity index (χ2n) is 3.04. The fraction of sp³-hybridized carbons (Fsp3) is 0.222. The van der Waals surface area contributed by atoms with Crippen molar-refractivity contribution in [2.45, 2.75) is 0 Å². The van der Waals surface area contributed by atoms with Crippen molar-refractivity contribution in [3.05, 3.63) is 23.2 Å². The van der Waals surface area contributed by atoms with E-state index in [-0.39, 0.29) is 12.3 Å². The lowest BCUT2D eigenvalue weighted by Gasteiger charge is -1.98. The molecule has 5 nitrogen and oxygen atoms in total. The normalized spacial score (nSPS) is 10.8. The molecule has 0 fully saturated rings. The number of ketones is 1. The SMILES string of the molecule is CNCC(=O)c1c[nH]c2ncnc(Cl)c12. The van der Waals surface area contributed by atoms with Crippen LogP contribution in [-0.2, 0) is 0 Å². The molecule has 0 aliphatic heterocycles. The number of carbonyl (C=O) groups excluding carboxylic acids is 1. The van der Waals surface area contributed by atoms with Crippen molar-refractivity contribution in [1.29, 1.82) is 0 Å². The molecule has 0 aliphatic rings. The Hall–Kier alpha value is -1.46. The minimum atomic E-state index is -0.0412. The molecule has 2 aromatic heterocycles. The molecule has 6 heteroatoms. The molecule has 15 heavy (non-hydrogen) atoms. The van der Waals surface area contributed by atoms with Gasteiger partial charge in [-0.05, 0) is 7.05 Å². The monoisotopic (exact) mass is 224 g/mol. The maximum absolute atomic E-state index is 11.7. The quantitative estimate of drug-likeness (QED) is 0.603. The highest BCUT2D eigenvalue weighted by Crippen LogP contribution is 2.22. The van der Waals surface area contributed by atoms with E-state index < -0.39 is 0 Å². The molecule has 0 radical (unpaired) electrons. The summed E-state index contributed by atoms with van der Waals surface area (Å²) in [5.41, 5.74) is 1.10. The maximum atomic E-state index is 11.7. The lowest BCUT2D eigenvalue weighted by atomic mass is 10.1. The van der Waals surface area contributed by atoms with Gasteiger partial charge in [-0.2, -0.15) is 0 Å². The number of aromatic nitrogens is 3. The summed E-state index contributed by atoms with van der Waals surface area (Å²) < 4.78 is 0. The van der Waals surface area contributed by atoms with Crippen molar-refractivity contribution >= 4 is 28.4 Å². The fourth-order valence-corrected chi connectivity index (χ4v) is 1.64. The predicted octanol–water partition coefficient (Wildman–Crippen LogP) is 1.01. The van der Waals surface area contributed by atoms with E-state index in [1.165, 1.54) is 6.33 Å². The Morgan fingerprint density at radius 3 is 3.13 bits per heavy atom. The molecule has 2 rings (SSSR count). The zero-order valence-corrected chi connectivity index (χ0v) is 8.80.